The van der Waals surface area contributed by atoms with Crippen molar-refractivity contribution in [2.24, 2.45) is 0 Å². The van der Waals surface area contributed by atoms with E-state index in [9.17, 15) is 0 Å². The van der Waals surface area contributed by atoms with E-state index < -0.39 is 0 Å². The van der Waals surface area contributed by atoms with Crippen LogP contribution in [-0.2, 0) is 0 Å². The first-order valence-corrected chi connectivity index (χ1v) is 8.95. The Morgan fingerprint density at radius 3 is 1.29 bits per heavy atom. The van der Waals surface area contributed by atoms with E-state index in [4.69, 9.17) is 0 Å². The smallest absolute Gasteiger partial charge is 0.00264 e. The molecule has 4 aromatic rings. The summed E-state index contributed by atoms with van der Waals surface area (Å²) in [6.45, 7) is 9.16. The largest absolute Gasteiger partial charge is 0.0616 e. The van der Waals surface area contributed by atoms with Crippen molar-refractivity contribution >= 4 is 32.3 Å². The second kappa shape index (κ2) is 5.63. The molecule has 0 aliphatic carbocycles. The fourth-order valence-electron chi connectivity index (χ4n) is 3.99. The summed E-state index contributed by atoms with van der Waals surface area (Å²) >= 11 is 0. The van der Waals surface area contributed by atoms with Crippen LogP contribution in [0.2, 0.25) is 0 Å². The van der Waals surface area contributed by atoms with Gasteiger partial charge in [0.15, 0.2) is 0 Å². The Kier molecular flexibility index (Phi) is 3.57. The molecule has 120 valence electrons. The Labute approximate surface area is 144 Å². The Balaban J connectivity index is 2.30. The summed E-state index contributed by atoms with van der Waals surface area (Å²) in [5.74, 6) is 1.04. The summed E-state index contributed by atoms with van der Waals surface area (Å²) in [5.41, 5.74) is 2.89. The van der Waals surface area contributed by atoms with E-state index in [-0.39, 0.29) is 0 Å². The highest BCUT2D eigenvalue weighted by molar-refractivity contribution is 6.21. The summed E-state index contributed by atoms with van der Waals surface area (Å²) in [4.78, 5) is 0. The average Bonchev–Trinajstić information content (AvgIpc) is 2.59. The van der Waals surface area contributed by atoms with Gasteiger partial charge in [0.1, 0.15) is 0 Å². The molecule has 0 heterocycles. The van der Waals surface area contributed by atoms with Crippen LogP contribution in [0.3, 0.4) is 0 Å². The predicted molar refractivity (Wildman–Crippen MR) is 107 cm³/mol. The van der Waals surface area contributed by atoms with Crippen molar-refractivity contribution in [2.45, 2.75) is 39.5 Å². The van der Waals surface area contributed by atoms with Crippen LogP contribution in [-0.4, -0.2) is 0 Å². The van der Waals surface area contributed by atoms with Crippen molar-refractivity contribution in [3.05, 3.63) is 71.8 Å². The molecule has 0 aliphatic rings. The molecule has 0 spiro atoms. The summed E-state index contributed by atoms with van der Waals surface area (Å²) in [7, 11) is 0. The molecule has 4 aromatic carbocycles. The second-order valence-corrected chi connectivity index (χ2v) is 7.43. The molecule has 0 fully saturated rings. The number of fused-ring (bicyclic) bond motifs is 5. The molecule has 0 atom stereocenters. The first kappa shape index (κ1) is 15.2. The van der Waals surface area contributed by atoms with Crippen molar-refractivity contribution in [1.29, 1.82) is 0 Å². The SMILES string of the molecule is CC(C)c1cc2cc(C(C)C)c3ccccc3c2c2ccccc12. The molecule has 24 heavy (non-hydrogen) atoms. The highest BCUT2D eigenvalue weighted by Crippen LogP contribution is 2.39. The van der Waals surface area contributed by atoms with Crippen molar-refractivity contribution in [3.8, 4) is 0 Å². The Bertz CT molecular complexity index is 969. The summed E-state index contributed by atoms with van der Waals surface area (Å²) in [5, 5.41) is 8.31. The van der Waals surface area contributed by atoms with Gasteiger partial charge < -0.3 is 0 Å². The lowest BCUT2D eigenvalue weighted by Crippen LogP contribution is -1.95. The standard InChI is InChI=1S/C24H24/c1-15(2)22-13-17-14-23(16(3)4)19-10-6-8-12-21(19)24(17)20-11-7-5-9-18(20)22/h5-16H,1-4H3. The van der Waals surface area contributed by atoms with E-state index >= 15 is 0 Å². The van der Waals surface area contributed by atoms with E-state index in [1.807, 2.05) is 0 Å². The van der Waals surface area contributed by atoms with Crippen molar-refractivity contribution in [1.82, 2.24) is 0 Å². The summed E-state index contributed by atoms with van der Waals surface area (Å²) < 4.78 is 0. The zero-order valence-corrected chi connectivity index (χ0v) is 14.9. The molecule has 4 rings (SSSR count). The third-order valence-electron chi connectivity index (χ3n) is 5.17. The normalized spacial score (nSPS) is 12.1. The molecular formula is C24H24. The van der Waals surface area contributed by atoms with E-state index in [1.165, 1.54) is 43.4 Å². The molecule has 0 aromatic heterocycles. The van der Waals surface area contributed by atoms with Gasteiger partial charge in [-0.25, -0.2) is 0 Å². The lowest BCUT2D eigenvalue weighted by Gasteiger charge is -2.18. The van der Waals surface area contributed by atoms with Crippen LogP contribution in [0, 0.1) is 0 Å². The van der Waals surface area contributed by atoms with Crippen LogP contribution < -0.4 is 0 Å². The lowest BCUT2D eigenvalue weighted by atomic mass is 9.86. The maximum Gasteiger partial charge on any atom is -0.00264 e. The predicted octanol–water partition coefficient (Wildman–Crippen LogP) is 7.39. The maximum absolute atomic E-state index is 2.42. The highest BCUT2D eigenvalue weighted by Gasteiger charge is 2.14. The van der Waals surface area contributed by atoms with Crippen LogP contribution in [0.1, 0.15) is 50.7 Å². The summed E-state index contributed by atoms with van der Waals surface area (Å²) in [6.07, 6.45) is 0. The van der Waals surface area contributed by atoms with Gasteiger partial charge in [0.2, 0.25) is 0 Å². The van der Waals surface area contributed by atoms with Gasteiger partial charge in [-0.2, -0.15) is 0 Å². The van der Waals surface area contributed by atoms with Crippen LogP contribution in [0.25, 0.3) is 32.3 Å². The third kappa shape index (κ3) is 2.21. The first-order valence-electron chi connectivity index (χ1n) is 8.95. The van der Waals surface area contributed by atoms with Crippen LogP contribution in [0.4, 0.5) is 0 Å². The molecule has 0 N–H and O–H groups in total. The first-order chi connectivity index (χ1) is 11.6. The van der Waals surface area contributed by atoms with E-state index in [2.05, 4.69) is 88.4 Å². The molecule has 0 radical (unpaired) electrons. The molecule has 0 saturated heterocycles. The summed E-state index contributed by atoms with van der Waals surface area (Å²) in [6, 6.07) is 22.6. The zero-order chi connectivity index (χ0) is 16.8. The molecular weight excluding hydrogens is 288 g/mol. The average molecular weight is 312 g/mol. The van der Waals surface area contributed by atoms with Crippen LogP contribution in [0.15, 0.2) is 60.7 Å². The number of hydrogen-bond donors (Lipinski definition) is 0. The molecule has 0 aliphatic heterocycles. The quantitative estimate of drug-likeness (QED) is 0.338. The maximum atomic E-state index is 2.42. The Hall–Kier alpha value is -2.34. The van der Waals surface area contributed by atoms with Gasteiger partial charge >= 0.3 is 0 Å². The van der Waals surface area contributed by atoms with Crippen molar-refractivity contribution < 1.29 is 0 Å². The van der Waals surface area contributed by atoms with Crippen molar-refractivity contribution in [2.75, 3.05) is 0 Å². The fourth-order valence-corrected chi connectivity index (χ4v) is 3.99. The van der Waals surface area contributed by atoms with E-state index in [0.29, 0.717) is 11.8 Å². The molecule has 0 nitrogen and oxygen atoms in total. The van der Waals surface area contributed by atoms with Crippen LogP contribution >= 0.6 is 0 Å². The van der Waals surface area contributed by atoms with Gasteiger partial charge in [-0.15, -0.1) is 0 Å². The topological polar surface area (TPSA) is 0 Å². The van der Waals surface area contributed by atoms with E-state index in [1.54, 1.807) is 0 Å². The third-order valence-corrected chi connectivity index (χ3v) is 5.17. The highest BCUT2D eigenvalue weighted by atomic mass is 14.2. The molecule has 0 amide bonds. The number of hydrogen-bond acceptors (Lipinski definition) is 0. The Morgan fingerprint density at radius 1 is 0.542 bits per heavy atom. The van der Waals surface area contributed by atoms with Gasteiger partial charge in [0.25, 0.3) is 0 Å². The molecule has 0 heteroatoms. The minimum absolute atomic E-state index is 0.522. The Morgan fingerprint density at radius 2 is 0.917 bits per heavy atom. The second-order valence-electron chi connectivity index (χ2n) is 7.43. The minimum atomic E-state index is 0.522. The van der Waals surface area contributed by atoms with Gasteiger partial charge in [-0.3, -0.25) is 0 Å². The fraction of sp³-hybridized carbons (Fsp3) is 0.250. The molecule has 0 unspecified atom stereocenters. The monoisotopic (exact) mass is 312 g/mol. The van der Waals surface area contributed by atoms with Gasteiger partial charge in [-0.05, 0) is 55.3 Å². The van der Waals surface area contributed by atoms with Gasteiger partial charge in [0, 0.05) is 0 Å². The van der Waals surface area contributed by atoms with Gasteiger partial charge in [0.05, 0.1) is 0 Å². The number of benzene rings is 4. The lowest BCUT2D eigenvalue weighted by molar-refractivity contribution is 0.875. The zero-order valence-electron chi connectivity index (χ0n) is 14.9. The van der Waals surface area contributed by atoms with Gasteiger partial charge in [-0.1, -0.05) is 88.4 Å². The molecule has 0 bridgehead atoms. The number of rotatable bonds is 2. The minimum Gasteiger partial charge on any atom is -0.0616 e. The van der Waals surface area contributed by atoms with Crippen LogP contribution in [0.5, 0.6) is 0 Å². The van der Waals surface area contributed by atoms with Crippen molar-refractivity contribution in [3.63, 3.8) is 0 Å². The van der Waals surface area contributed by atoms with E-state index in [0.717, 1.165) is 0 Å². The molecule has 0 saturated carbocycles.